The molecule has 21 heavy (non-hydrogen) atoms. The van der Waals surface area contributed by atoms with E-state index in [2.05, 4.69) is 27.4 Å². The number of rotatable bonds is 16. The summed E-state index contributed by atoms with van der Waals surface area (Å²) in [5.41, 5.74) is 0. The summed E-state index contributed by atoms with van der Waals surface area (Å²) in [5, 5.41) is 0. The molecule has 126 valence electrons. The van der Waals surface area contributed by atoms with E-state index in [0.29, 0.717) is 0 Å². The second-order valence-electron chi connectivity index (χ2n) is 5.47. The monoisotopic (exact) mass is 316 g/mol. The normalized spacial score (nSPS) is 11.8. The Bertz CT molecular complexity index is 208. The van der Waals surface area contributed by atoms with Gasteiger partial charge in [0, 0.05) is 25.9 Å². The van der Waals surface area contributed by atoms with Crippen molar-refractivity contribution in [2.24, 2.45) is 0 Å². The van der Waals surface area contributed by atoms with Crippen LogP contribution in [0.2, 0.25) is 6.04 Å². The molecule has 0 aromatic heterocycles. The lowest BCUT2D eigenvalue weighted by molar-refractivity contribution is 0.0559. The molecule has 0 bridgehead atoms. The molecule has 0 N–H and O–H groups in total. The standard InChI is InChI=1S/C17H36O3Si/c1-5-9-13-17-21(18-14-10-6-2,19-15-11-7-3)20-16-12-8-4/h5H,1,6-17H2,2-4H3. The molecule has 3 nitrogen and oxygen atoms in total. The van der Waals surface area contributed by atoms with E-state index in [1.54, 1.807) is 0 Å². The van der Waals surface area contributed by atoms with Crippen molar-refractivity contribution in [3.63, 3.8) is 0 Å². The molecular weight excluding hydrogens is 280 g/mol. The number of hydrogen-bond acceptors (Lipinski definition) is 3. The number of unbranched alkanes of at least 4 members (excludes halogenated alkanes) is 4. The Morgan fingerprint density at radius 3 is 1.52 bits per heavy atom. The minimum atomic E-state index is -2.49. The van der Waals surface area contributed by atoms with Crippen LogP contribution in [0.15, 0.2) is 12.7 Å². The van der Waals surface area contributed by atoms with Crippen LogP contribution in [0.5, 0.6) is 0 Å². The van der Waals surface area contributed by atoms with Gasteiger partial charge in [-0.1, -0.05) is 46.1 Å². The topological polar surface area (TPSA) is 27.7 Å². The van der Waals surface area contributed by atoms with Crippen LogP contribution in [0.3, 0.4) is 0 Å². The molecule has 0 atom stereocenters. The van der Waals surface area contributed by atoms with Crippen molar-refractivity contribution in [1.29, 1.82) is 0 Å². The predicted molar refractivity (Wildman–Crippen MR) is 92.6 cm³/mol. The van der Waals surface area contributed by atoms with Gasteiger partial charge in [0.2, 0.25) is 0 Å². The van der Waals surface area contributed by atoms with Crippen LogP contribution in [-0.4, -0.2) is 28.6 Å². The van der Waals surface area contributed by atoms with Crippen molar-refractivity contribution in [2.45, 2.75) is 78.2 Å². The molecule has 0 rings (SSSR count). The average Bonchev–Trinajstić information content (AvgIpc) is 2.48. The van der Waals surface area contributed by atoms with Crippen LogP contribution in [0.1, 0.15) is 72.1 Å². The highest BCUT2D eigenvalue weighted by Gasteiger charge is 2.40. The average molecular weight is 317 g/mol. The van der Waals surface area contributed by atoms with E-state index >= 15 is 0 Å². The molecule has 0 aromatic carbocycles. The number of allylic oxidation sites excluding steroid dienone is 1. The van der Waals surface area contributed by atoms with Crippen LogP contribution in [0.4, 0.5) is 0 Å². The summed E-state index contributed by atoms with van der Waals surface area (Å²) < 4.78 is 18.5. The SMILES string of the molecule is C=CCCC[Si](OCCCC)(OCCCC)OCCCC. The molecule has 0 aliphatic heterocycles. The van der Waals surface area contributed by atoms with Gasteiger partial charge in [-0.2, -0.15) is 0 Å². The zero-order valence-electron chi connectivity index (χ0n) is 14.5. The zero-order valence-corrected chi connectivity index (χ0v) is 15.5. The van der Waals surface area contributed by atoms with Gasteiger partial charge in [0.1, 0.15) is 0 Å². The van der Waals surface area contributed by atoms with Gasteiger partial charge in [0.05, 0.1) is 0 Å². The fraction of sp³-hybridized carbons (Fsp3) is 0.882. The van der Waals surface area contributed by atoms with Crippen LogP contribution < -0.4 is 0 Å². The van der Waals surface area contributed by atoms with E-state index < -0.39 is 8.80 Å². The van der Waals surface area contributed by atoms with Crippen LogP contribution in [0.25, 0.3) is 0 Å². The maximum absolute atomic E-state index is 6.17. The molecule has 0 saturated heterocycles. The van der Waals surface area contributed by atoms with Gasteiger partial charge >= 0.3 is 8.80 Å². The summed E-state index contributed by atoms with van der Waals surface area (Å²) in [6, 6.07) is 0.913. The van der Waals surface area contributed by atoms with Gasteiger partial charge in [-0.25, -0.2) is 0 Å². The van der Waals surface area contributed by atoms with E-state index in [4.69, 9.17) is 13.3 Å². The molecule has 0 heterocycles. The Labute approximate surface area is 133 Å². The molecule has 0 aromatic rings. The second-order valence-corrected chi connectivity index (χ2v) is 8.20. The van der Waals surface area contributed by atoms with Gasteiger partial charge in [0.15, 0.2) is 0 Å². The lowest BCUT2D eigenvalue weighted by Crippen LogP contribution is -2.46. The molecule has 0 spiro atoms. The highest BCUT2D eigenvalue weighted by atomic mass is 28.4. The van der Waals surface area contributed by atoms with E-state index in [1.165, 1.54) is 0 Å². The molecule has 0 aliphatic carbocycles. The van der Waals surface area contributed by atoms with Gasteiger partial charge in [-0.05, 0) is 32.1 Å². The van der Waals surface area contributed by atoms with Crippen molar-refractivity contribution in [2.75, 3.05) is 19.8 Å². The zero-order chi connectivity index (χ0) is 15.8. The third-order valence-corrected chi connectivity index (χ3v) is 6.25. The third-order valence-electron chi connectivity index (χ3n) is 3.35. The fourth-order valence-corrected chi connectivity index (χ4v) is 4.61. The lowest BCUT2D eigenvalue weighted by Gasteiger charge is -2.30. The first-order valence-corrected chi connectivity index (χ1v) is 10.7. The Balaban J connectivity index is 4.56. The van der Waals surface area contributed by atoms with Crippen molar-refractivity contribution in [1.82, 2.24) is 0 Å². The van der Waals surface area contributed by atoms with Crippen molar-refractivity contribution in [3.8, 4) is 0 Å². The summed E-state index contributed by atoms with van der Waals surface area (Å²) >= 11 is 0. The Morgan fingerprint density at radius 1 is 0.762 bits per heavy atom. The molecule has 0 amide bonds. The minimum Gasteiger partial charge on any atom is -0.373 e. The Hall–Kier alpha value is -0.163. The highest BCUT2D eigenvalue weighted by molar-refractivity contribution is 6.60. The molecule has 0 unspecified atom stereocenters. The maximum Gasteiger partial charge on any atom is 0.500 e. The summed E-state index contributed by atoms with van der Waals surface area (Å²) in [6.45, 7) is 12.6. The Morgan fingerprint density at radius 2 is 1.19 bits per heavy atom. The second kappa shape index (κ2) is 14.8. The first-order valence-electron chi connectivity index (χ1n) is 8.77. The van der Waals surface area contributed by atoms with Crippen LogP contribution >= 0.6 is 0 Å². The summed E-state index contributed by atoms with van der Waals surface area (Å²) in [6.07, 6.45) is 10.6. The van der Waals surface area contributed by atoms with Gasteiger partial charge < -0.3 is 13.3 Å². The Kier molecular flexibility index (Phi) is 14.6. The lowest BCUT2D eigenvalue weighted by atomic mass is 10.3. The highest BCUT2D eigenvalue weighted by Crippen LogP contribution is 2.21. The number of hydrogen-bond donors (Lipinski definition) is 0. The molecule has 0 radical (unpaired) electrons. The third kappa shape index (κ3) is 11.1. The summed E-state index contributed by atoms with van der Waals surface area (Å²) in [4.78, 5) is 0. The molecule has 0 fully saturated rings. The van der Waals surface area contributed by atoms with E-state index in [9.17, 15) is 0 Å². The van der Waals surface area contributed by atoms with E-state index in [-0.39, 0.29) is 0 Å². The smallest absolute Gasteiger partial charge is 0.373 e. The van der Waals surface area contributed by atoms with Crippen LogP contribution in [0, 0.1) is 0 Å². The van der Waals surface area contributed by atoms with Crippen molar-refractivity contribution in [3.05, 3.63) is 12.7 Å². The molecular formula is C17H36O3Si. The molecule has 4 heteroatoms. The van der Waals surface area contributed by atoms with E-state index in [0.717, 1.165) is 77.2 Å². The molecule has 0 saturated carbocycles. The van der Waals surface area contributed by atoms with Crippen molar-refractivity contribution >= 4 is 8.80 Å². The van der Waals surface area contributed by atoms with Gasteiger partial charge in [-0.3, -0.25) is 0 Å². The summed E-state index contributed by atoms with van der Waals surface area (Å²) in [7, 11) is -2.49. The maximum atomic E-state index is 6.17. The molecule has 0 aliphatic rings. The predicted octanol–water partition coefficient (Wildman–Crippen LogP) is 5.34. The largest absolute Gasteiger partial charge is 0.500 e. The van der Waals surface area contributed by atoms with Crippen molar-refractivity contribution < 1.29 is 13.3 Å². The fourth-order valence-electron chi connectivity index (χ4n) is 1.92. The first-order chi connectivity index (χ1) is 10.2. The minimum absolute atomic E-state index is 0.759. The van der Waals surface area contributed by atoms with Gasteiger partial charge in [-0.15, -0.1) is 6.58 Å². The first kappa shape index (κ1) is 20.8. The van der Waals surface area contributed by atoms with E-state index in [1.807, 2.05) is 6.08 Å². The van der Waals surface area contributed by atoms with Gasteiger partial charge in [0.25, 0.3) is 0 Å². The summed E-state index contributed by atoms with van der Waals surface area (Å²) in [5.74, 6) is 0. The quantitative estimate of drug-likeness (QED) is 0.218. The van der Waals surface area contributed by atoms with Crippen LogP contribution in [-0.2, 0) is 13.3 Å².